The van der Waals surface area contributed by atoms with Gasteiger partial charge in [0.05, 0.1) is 22.4 Å². The van der Waals surface area contributed by atoms with E-state index in [1.165, 1.54) is 61.2 Å². The van der Waals surface area contributed by atoms with Gasteiger partial charge in [-0.25, -0.2) is 4.98 Å². The lowest BCUT2D eigenvalue weighted by molar-refractivity contribution is 0.479. The molecule has 0 amide bonds. The van der Waals surface area contributed by atoms with Gasteiger partial charge >= 0.3 is 0 Å². The number of pyridine rings is 1. The first-order chi connectivity index (χ1) is 31.0. The highest BCUT2D eigenvalue weighted by Gasteiger charge is 2.33. The molecule has 0 saturated heterocycles. The molecule has 5 nitrogen and oxygen atoms in total. The molecule has 0 atom stereocenters. The van der Waals surface area contributed by atoms with Gasteiger partial charge in [-0.3, -0.25) is 4.57 Å². The molecule has 2 aromatic heterocycles. The lowest BCUT2D eigenvalue weighted by atomic mass is 9.78. The molecule has 9 rings (SSSR count). The van der Waals surface area contributed by atoms with Gasteiger partial charge in [0.15, 0.2) is 0 Å². The highest BCUT2D eigenvalue weighted by molar-refractivity contribution is 6.09. The zero-order valence-electron chi connectivity index (χ0n) is 41.8. The Kier molecular flexibility index (Phi) is 10.8. The summed E-state index contributed by atoms with van der Waals surface area (Å²) in [4.78, 5) is 9.95. The fourth-order valence-corrected chi connectivity index (χ4v) is 9.40. The molecule has 1 aliphatic heterocycles. The third-order valence-corrected chi connectivity index (χ3v) is 13.8. The van der Waals surface area contributed by atoms with Crippen LogP contribution in [0, 0.1) is 0 Å². The number of rotatable bonds is 7. The van der Waals surface area contributed by atoms with Crippen LogP contribution in [-0.2, 0) is 27.1 Å². The summed E-state index contributed by atoms with van der Waals surface area (Å²) in [5.41, 5.74) is 14.1. The molecule has 0 radical (unpaired) electrons. The van der Waals surface area contributed by atoms with E-state index in [1.807, 2.05) is 6.20 Å². The third kappa shape index (κ3) is 8.38. The number of fused-ring (bicyclic) bond motifs is 4. The molecular weight excluding hydrogens is 805 g/mol. The van der Waals surface area contributed by atoms with Crippen LogP contribution in [-0.4, -0.2) is 16.2 Å². The van der Waals surface area contributed by atoms with Crippen LogP contribution in [0.2, 0.25) is 0 Å². The maximum Gasteiger partial charge on any atom is 0.137 e. The number of benzene rings is 6. The van der Waals surface area contributed by atoms with E-state index in [0.29, 0.717) is 6.67 Å². The molecule has 0 aliphatic carbocycles. The molecule has 338 valence electrons. The van der Waals surface area contributed by atoms with Crippen LogP contribution in [0.3, 0.4) is 0 Å². The molecule has 66 heavy (non-hydrogen) atoms. The van der Waals surface area contributed by atoms with E-state index in [0.717, 1.165) is 34.0 Å². The highest BCUT2D eigenvalue weighted by atomic mass is 16.5. The van der Waals surface area contributed by atoms with Gasteiger partial charge in [0, 0.05) is 45.9 Å². The Morgan fingerprint density at radius 1 is 0.409 bits per heavy atom. The van der Waals surface area contributed by atoms with Gasteiger partial charge in [0.2, 0.25) is 0 Å². The Labute approximate surface area is 394 Å². The summed E-state index contributed by atoms with van der Waals surface area (Å²) < 4.78 is 9.39. The van der Waals surface area contributed by atoms with Crippen molar-refractivity contribution in [3.63, 3.8) is 0 Å². The molecule has 1 aliphatic rings. The first-order valence-corrected chi connectivity index (χ1v) is 23.7. The Morgan fingerprint density at radius 2 is 0.985 bits per heavy atom. The molecule has 5 heteroatoms. The van der Waals surface area contributed by atoms with E-state index >= 15 is 0 Å². The highest BCUT2D eigenvalue weighted by Crippen LogP contribution is 2.49. The van der Waals surface area contributed by atoms with Crippen LogP contribution < -0.4 is 14.5 Å². The van der Waals surface area contributed by atoms with Crippen LogP contribution in [0.5, 0.6) is 11.5 Å². The number of anilines is 4. The molecule has 0 unspecified atom stereocenters. The van der Waals surface area contributed by atoms with Gasteiger partial charge in [-0.1, -0.05) is 158 Å². The van der Waals surface area contributed by atoms with Crippen molar-refractivity contribution in [2.24, 2.45) is 0 Å². The summed E-state index contributed by atoms with van der Waals surface area (Å²) in [7, 11) is 0. The van der Waals surface area contributed by atoms with Gasteiger partial charge in [-0.15, -0.1) is 0 Å². The van der Waals surface area contributed by atoms with E-state index in [-0.39, 0.29) is 27.1 Å². The predicted octanol–water partition coefficient (Wildman–Crippen LogP) is 16.7. The standard InChI is InChI=1S/C61H68N4O/c1-57(2,3)41-21-18-22-46(31-41)63-39-64(52-28-24-44(35-55(52)63)61(13,14)40-19-16-15-17-20-40)47-32-45(60(10,11)12)33-49(37-47)66-48-25-27-51-50-26-23-42(58(4,5)6)34-53(50)65(54(51)38-48)56-36-43(29-30-62-56)59(7,8)9/h15-38H,39H2,1-14H3. The largest absolute Gasteiger partial charge is 0.457 e. The molecule has 3 heterocycles. The molecule has 0 saturated carbocycles. The Bertz CT molecular complexity index is 3110. The summed E-state index contributed by atoms with van der Waals surface area (Å²) in [5, 5.41) is 2.37. The average Bonchev–Trinajstić information content (AvgIpc) is 3.81. The number of nitrogens with zero attached hydrogens (tertiary/aromatic N) is 4. The second-order valence-electron chi connectivity index (χ2n) is 23.2. The lowest BCUT2D eigenvalue weighted by Crippen LogP contribution is -2.25. The smallest absolute Gasteiger partial charge is 0.137 e. The molecule has 0 bridgehead atoms. The second-order valence-corrected chi connectivity index (χ2v) is 23.2. The fraction of sp³-hybridized carbons (Fsp3) is 0.328. The molecule has 0 fully saturated rings. The first kappa shape index (κ1) is 44.9. The SMILES string of the molecule is CC(C)(C)c1cccc(N2CN(c3cc(Oc4ccc5c6ccc(C(C)(C)C)cc6n(-c6cc(C(C)(C)C)ccn6)c5c4)cc(C(C)(C)C)c3)c3ccc(C(C)(C)c4ccccc4)cc32)c1. The maximum atomic E-state index is 7.06. The zero-order valence-corrected chi connectivity index (χ0v) is 41.8. The van der Waals surface area contributed by atoms with Crippen LogP contribution >= 0.6 is 0 Å². The molecule has 0 spiro atoms. The monoisotopic (exact) mass is 873 g/mol. The Morgan fingerprint density at radius 3 is 1.67 bits per heavy atom. The van der Waals surface area contributed by atoms with Gasteiger partial charge in [0.25, 0.3) is 0 Å². The summed E-state index contributed by atoms with van der Waals surface area (Å²) in [6.45, 7) is 32.6. The average molecular weight is 873 g/mol. The van der Waals surface area contributed by atoms with Gasteiger partial charge in [-0.05, 0) is 122 Å². The van der Waals surface area contributed by atoms with E-state index < -0.39 is 0 Å². The topological polar surface area (TPSA) is 33.5 Å². The number of ether oxygens (including phenoxy) is 1. The lowest BCUT2D eigenvalue weighted by Gasteiger charge is -2.28. The first-order valence-electron chi connectivity index (χ1n) is 23.7. The Hall–Kier alpha value is -6.33. The molecule has 8 aromatic rings. The van der Waals surface area contributed by atoms with E-state index in [4.69, 9.17) is 9.72 Å². The second kappa shape index (κ2) is 15.9. The third-order valence-electron chi connectivity index (χ3n) is 13.8. The van der Waals surface area contributed by atoms with Crippen molar-refractivity contribution in [1.29, 1.82) is 0 Å². The van der Waals surface area contributed by atoms with Gasteiger partial charge in [0.1, 0.15) is 24.0 Å². The minimum atomic E-state index is -0.192. The molecular formula is C61H68N4O. The summed E-state index contributed by atoms with van der Waals surface area (Å²) in [6, 6.07) is 51.7. The van der Waals surface area contributed by atoms with Gasteiger partial charge < -0.3 is 14.5 Å². The van der Waals surface area contributed by atoms with Crippen molar-refractivity contribution >= 4 is 44.6 Å². The van der Waals surface area contributed by atoms with E-state index in [9.17, 15) is 0 Å². The normalized spacial score (nSPS) is 13.8. The fourth-order valence-electron chi connectivity index (χ4n) is 9.40. The quantitative estimate of drug-likeness (QED) is 0.160. The van der Waals surface area contributed by atoms with Crippen molar-refractivity contribution in [3.05, 3.63) is 179 Å². The number of aromatic nitrogens is 2. The molecule has 0 N–H and O–H groups in total. The van der Waals surface area contributed by atoms with E-state index in [2.05, 4.69) is 251 Å². The van der Waals surface area contributed by atoms with E-state index in [1.54, 1.807) is 0 Å². The van der Waals surface area contributed by atoms with Crippen molar-refractivity contribution in [2.75, 3.05) is 16.5 Å². The van der Waals surface area contributed by atoms with Crippen LogP contribution in [0.15, 0.2) is 146 Å². The van der Waals surface area contributed by atoms with Crippen molar-refractivity contribution in [2.45, 2.75) is 124 Å². The maximum absolute atomic E-state index is 7.06. The van der Waals surface area contributed by atoms with Crippen molar-refractivity contribution in [1.82, 2.24) is 9.55 Å². The molecule has 6 aromatic carbocycles. The Balaban J connectivity index is 1.17. The number of hydrogen-bond donors (Lipinski definition) is 0. The van der Waals surface area contributed by atoms with Crippen LogP contribution in [0.1, 0.15) is 130 Å². The summed E-state index contributed by atoms with van der Waals surface area (Å²) in [5.74, 6) is 2.49. The minimum Gasteiger partial charge on any atom is -0.457 e. The predicted molar refractivity (Wildman–Crippen MR) is 280 cm³/mol. The minimum absolute atomic E-state index is 0.00933. The zero-order chi connectivity index (χ0) is 47.1. The summed E-state index contributed by atoms with van der Waals surface area (Å²) >= 11 is 0. The van der Waals surface area contributed by atoms with Crippen LogP contribution in [0.25, 0.3) is 27.6 Å². The van der Waals surface area contributed by atoms with Gasteiger partial charge in [-0.2, -0.15) is 0 Å². The number of hydrogen-bond acceptors (Lipinski definition) is 4. The van der Waals surface area contributed by atoms with Crippen molar-refractivity contribution in [3.8, 4) is 17.3 Å². The van der Waals surface area contributed by atoms with Crippen LogP contribution in [0.4, 0.5) is 22.7 Å². The summed E-state index contributed by atoms with van der Waals surface area (Å²) in [6.07, 6.45) is 1.95. The van der Waals surface area contributed by atoms with Crippen molar-refractivity contribution < 1.29 is 4.74 Å².